The molecule has 0 amide bonds. The van der Waals surface area contributed by atoms with E-state index < -0.39 is 0 Å². The molecule has 1 atom stereocenters. The molecule has 3 rings (SSSR count). The maximum Gasteiger partial charge on any atom is 0.191 e. The number of hydrogen-bond donors (Lipinski definition) is 2. The maximum atomic E-state index is 13.9. The first kappa shape index (κ1) is 18.0. The summed E-state index contributed by atoms with van der Waals surface area (Å²) < 4.78 is 13.9. The molecular weight excluding hydrogens is 317 g/mol. The van der Waals surface area contributed by atoms with E-state index in [0.29, 0.717) is 5.82 Å². The number of aliphatic imine (C=N–C) groups is 1. The highest BCUT2D eigenvalue weighted by Gasteiger charge is 2.25. The average molecular weight is 347 g/mol. The van der Waals surface area contributed by atoms with Crippen LogP contribution in [0.25, 0.3) is 0 Å². The van der Waals surface area contributed by atoms with Crippen LogP contribution in [0.1, 0.15) is 44.9 Å². The van der Waals surface area contributed by atoms with Gasteiger partial charge in [0.05, 0.1) is 0 Å². The van der Waals surface area contributed by atoms with E-state index in [1.165, 1.54) is 44.6 Å². The van der Waals surface area contributed by atoms with Crippen molar-refractivity contribution in [1.82, 2.24) is 15.6 Å². The van der Waals surface area contributed by atoms with Crippen LogP contribution in [0.15, 0.2) is 23.3 Å². The second-order valence-corrected chi connectivity index (χ2v) is 7.18. The molecular formula is C19H30FN5. The number of nitrogens with one attached hydrogen (secondary N) is 2. The van der Waals surface area contributed by atoms with Crippen molar-refractivity contribution in [2.45, 2.75) is 51.0 Å². The van der Waals surface area contributed by atoms with Crippen molar-refractivity contribution in [3.05, 3.63) is 24.1 Å². The van der Waals surface area contributed by atoms with E-state index in [-0.39, 0.29) is 11.9 Å². The smallest absolute Gasteiger partial charge is 0.191 e. The molecule has 1 aromatic heterocycles. The van der Waals surface area contributed by atoms with E-state index in [2.05, 4.69) is 20.6 Å². The third-order valence-electron chi connectivity index (χ3n) is 5.35. The Morgan fingerprint density at radius 1 is 1.36 bits per heavy atom. The minimum absolute atomic E-state index is 0.252. The fourth-order valence-electron chi connectivity index (χ4n) is 3.97. The van der Waals surface area contributed by atoms with Gasteiger partial charge in [0, 0.05) is 38.9 Å². The Kier molecular flexibility index (Phi) is 6.48. The summed E-state index contributed by atoms with van der Waals surface area (Å²) in [5, 5.41) is 6.88. The molecule has 0 spiro atoms. The molecule has 1 aliphatic heterocycles. The van der Waals surface area contributed by atoms with Crippen LogP contribution >= 0.6 is 0 Å². The monoisotopic (exact) mass is 347 g/mol. The van der Waals surface area contributed by atoms with Gasteiger partial charge in [0.25, 0.3) is 0 Å². The Labute approximate surface area is 150 Å². The molecule has 0 bridgehead atoms. The number of aromatic nitrogens is 1. The third kappa shape index (κ3) is 5.06. The first-order valence-corrected chi connectivity index (χ1v) is 9.59. The maximum absolute atomic E-state index is 13.9. The number of halogens is 1. The highest BCUT2D eigenvalue weighted by Crippen LogP contribution is 2.28. The molecule has 1 saturated carbocycles. The van der Waals surface area contributed by atoms with E-state index in [0.717, 1.165) is 37.9 Å². The van der Waals surface area contributed by atoms with Crippen LogP contribution in [0.5, 0.6) is 0 Å². The Balaban J connectivity index is 1.39. The molecule has 1 aliphatic carbocycles. The predicted octanol–water partition coefficient (Wildman–Crippen LogP) is 2.93. The van der Waals surface area contributed by atoms with Crippen LogP contribution in [0, 0.1) is 11.7 Å². The molecule has 0 aromatic carbocycles. The summed E-state index contributed by atoms with van der Waals surface area (Å²) in [4.78, 5) is 10.5. The van der Waals surface area contributed by atoms with Gasteiger partial charge in [0.15, 0.2) is 17.6 Å². The van der Waals surface area contributed by atoms with Crippen molar-refractivity contribution in [3.63, 3.8) is 0 Å². The molecule has 2 aliphatic rings. The molecule has 1 aromatic rings. The molecule has 5 nitrogen and oxygen atoms in total. The van der Waals surface area contributed by atoms with Gasteiger partial charge in [-0.2, -0.15) is 0 Å². The Morgan fingerprint density at radius 2 is 2.20 bits per heavy atom. The molecule has 0 radical (unpaired) electrons. The van der Waals surface area contributed by atoms with Crippen molar-refractivity contribution >= 4 is 11.8 Å². The summed E-state index contributed by atoms with van der Waals surface area (Å²) in [5.41, 5.74) is 0. The highest BCUT2D eigenvalue weighted by atomic mass is 19.1. The standard InChI is InChI=1S/C19H30FN5/c1-21-19(23-12-4-8-15-6-2-3-7-15)24-16-10-13-25(14-16)18-17(20)9-5-11-22-18/h5,9,11,15-16H,2-4,6-8,10,12-14H2,1H3,(H2,21,23,24). The molecule has 1 unspecified atom stereocenters. The second kappa shape index (κ2) is 9.02. The first-order chi connectivity index (χ1) is 12.3. The van der Waals surface area contributed by atoms with Gasteiger partial charge >= 0.3 is 0 Å². The van der Waals surface area contributed by atoms with Gasteiger partial charge in [-0.05, 0) is 37.3 Å². The highest BCUT2D eigenvalue weighted by molar-refractivity contribution is 5.80. The fourth-order valence-corrected chi connectivity index (χ4v) is 3.97. The molecule has 1 saturated heterocycles. The third-order valence-corrected chi connectivity index (χ3v) is 5.35. The number of anilines is 1. The lowest BCUT2D eigenvalue weighted by atomic mass is 10.0. The number of nitrogens with zero attached hydrogens (tertiary/aromatic N) is 3. The van der Waals surface area contributed by atoms with Crippen molar-refractivity contribution in [1.29, 1.82) is 0 Å². The lowest BCUT2D eigenvalue weighted by molar-refractivity contribution is 0.480. The summed E-state index contributed by atoms with van der Waals surface area (Å²) in [5.74, 6) is 1.98. The van der Waals surface area contributed by atoms with Gasteiger partial charge in [0.2, 0.25) is 0 Å². The minimum atomic E-state index is -0.252. The average Bonchev–Trinajstić information content (AvgIpc) is 3.30. The van der Waals surface area contributed by atoms with Crippen LogP contribution in [-0.4, -0.2) is 43.7 Å². The first-order valence-electron chi connectivity index (χ1n) is 9.59. The molecule has 6 heteroatoms. The zero-order valence-electron chi connectivity index (χ0n) is 15.2. The van der Waals surface area contributed by atoms with Gasteiger partial charge in [-0.15, -0.1) is 0 Å². The van der Waals surface area contributed by atoms with Gasteiger partial charge in [-0.3, -0.25) is 4.99 Å². The van der Waals surface area contributed by atoms with Crippen LogP contribution < -0.4 is 15.5 Å². The van der Waals surface area contributed by atoms with Crippen LogP contribution in [0.2, 0.25) is 0 Å². The van der Waals surface area contributed by atoms with Crippen molar-refractivity contribution < 1.29 is 4.39 Å². The number of hydrogen-bond acceptors (Lipinski definition) is 3. The Hall–Kier alpha value is -1.85. The van der Waals surface area contributed by atoms with E-state index in [1.54, 1.807) is 19.3 Å². The lowest BCUT2D eigenvalue weighted by Crippen LogP contribution is -2.45. The van der Waals surface area contributed by atoms with Crippen molar-refractivity contribution in [3.8, 4) is 0 Å². The topological polar surface area (TPSA) is 52.6 Å². The summed E-state index contributed by atoms with van der Waals surface area (Å²) >= 11 is 0. The van der Waals surface area contributed by atoms with E-state index in [4.69, 9.17) is 0 Å². The molecule has 138 valence electrons. The Morgan fingerprint density at radius 3 is 2.96 bits per heavy atom. The second-order valence-electron chi connectivity index (χ2n) is 7.18. The van der Waals surface area contributed by atoms with Crippen molar-refractivity contribution in [2.75, 3.05) is 31.6 Å². The fraction of sp³-hybridized carbons (Fsp3) is 0.684. The quantitative estimate of drug-likeness (QED) is 0.472. The zero-order valence-corrected chi connectivity index (χ0v) is 15.2. The summed E-state index contributed by atoms with van der Waals surface area (Å²) in [6.07, 6.45) is 10.8. The normalized spacial score (nSPS) is 21.8. The van der Waals surface area contributed by atoms with Gasteiger partial charge in [0.1, 0.15) is 0 Å². The summed E-state index contributed by atoms with van der Waals surface area (Å²) in [7, 11) is 1.80. The molecule has 2 heterocycles. The van der Waals surface area contributed by atoms with Gasteiger partial charge < -0.3 is 15.5 Å². The van der Waals surface area contributed by atoms with Gasteiger partial charge in [-0.25, -0.2) is 9.37 Å². The number of pyridine rings is 1. The van der Waals surface area contributed by atoms with Crippen LogP contribution in [-0.2, 0) is 0 Å². The van der Waals surface area contributed by atoms with Crippen LogP contribution in [0.3, 0.4) is 0 Å². The minimum Gasteiger partial charge on any atom is -0.356 e. The molecule has 25 heavy (non-hydrogen) atoms. The SMILES string of the molecule is CN=C(NCCCC1CCCC1)NC1CCN(c2ncccc2F)C1. The summed E-state index contributed by atoms with van der Waals surface area (Å²) in [6.45, 7) is 2.52. The number of guanidine groups is 1. The summed E-state index contributed by atoms with van der Waals surface area (Å²) in [6, 6.07) is 3.36. The van der Waals surface area contributed by atoms with E-state index >= 15 is 0 Å². The van der Waals surface area contributed by atoms with E-state index in [1.807, 2.05) is 4.90 Å². The number of rotatable bonds is 6. The molecule has 2 fully saturated rings. The van der Waals surface area contributed by atoms with E-state index in [9.17, 15) is 4.39 Å². The van der Waals surface area contributed by atoms with Crippen molar-refractivity contribution in [2.24, 2.45) is 10.9 Å². The lowest BCUT2D eigenvalue weighted by Gasteiger charge is -2.20. The van der Waals surface area contributed by atoms with Crippen LogP contribution in [0.4, 0.5) is 10.2 Å². The van der Waals surface area contributed by atoms with Gasteiger partial charge in [-0.1, -0.05) is 25.7 Å². The largest absolute Gasteiger partial charge is 0.356 e. The molecule has 2 N–H and O–H groups in total. The zero-order chi connectivity index (χ0) is 17.5. The predicted molar refractivity (Wildman–Crippen MR) is 101 cm³/mol. The Bertz CT molecular complexity index is 571.